The lowest BCUT2D eigenvalue weighted by Gasteiger charge is -2.32. The van der Waals surface area contributed by atoms with Crippen LogP contribution >= 0.6 is 0 Å². The first kappa shape index (κ1) is 26.1. The van der Waals surface area contributed by atoms with E-state index >= 15 is 0 Å². The molecule has 0 amide bonds. The molecule has 1 aliphatic heterocycles. The van der Waals surface area contributed by atoms with Crippen LogP contribution in [0.3, 0.4) is 0 Å². The fraction of sp³-hybridized carbons (Fsp3) is 0.441. The summed E-state index contributed by atoms with van der Waals surface area (Å²) in [6.07, 6.45) is 7.62. The minimum absolute atomic E-state index is 0.725. The molecule has 1 aliphatic carbocycles. The number of aryl methyl sites for hydroxylation is 1. The van der Waals surface area contributed by atoms with E-state index in [0.29, 0.717) is 0 Å². The number of piperazine rings is 1. The first-order chi connectivity index (χ1) is 19.2. The molecule has 0 atom stereocenters. The van der Waals surface area contributed by atoms with E-state index in [1.165, 1.54) is 42.4 Å². The molecule has 2 heterocycles. The van der Waals surface area contributed by atoms with E-state index in [4.69, 9.17) is 9.72 Å². The number of imidazole rings is 1. The number of benzene rings is 3. The van der Waals surface area contributed by atoms with E-state index in [-0.39, 0.29) is 0 Å². The zero-order valence-electron chi connectivity index (χ0n) is 23.6. The summed E-state index contributed by atoms with van der Waals surface area (Å²) in [5.74, 6) is 3.53. The summed E-state index contributed by atoms with van der Waals surface area (Å²) in [4.78, 5) is 10.0. The second kappa shape index (κ2) is 11.9. The number of ether oxygens (including phenoxy) is 1. The van der Waals surface area contributed by atoms with Crippen LogP contribution in [0.1, 0.15) is 62.5 Å². The quantitative estimate of drug-likeness (QED) is 0.225. The van der Waals surface area contributed by atoms with Gasteiger partial charge in [-0.05, 0) is 67.6 Å². The monoisotopic (exact) mass is 522 g/mol. The van der Waals surface area contributed by atoms with Crippen molar-refractivity contribution in [1.29, 1.82) is 0 Å². The van der Waals surface area contributed by atoms with Crippen LogP contribution in [0.5, 0.6) is 11.5 Å². The highest BCUT2D eigenvalue weighted by atomic mass is 16.5. The van der Waals surface area contributed by atoms with Gasteiger partial charge >= 0.3 is 0 Å². The Bertz CT molecular complexity index is 1360. The highest BCUT2D eigenvalue weighted by Gasteiger charge is 2.18. The first-order valence-electron chi connectivity index (χ1n) is 14.9. The molecule has 6 rings (SSSR count). The van der Waals surface area contributed by atoms with Gasteiger partial charge in [0.15, 0.2) is 0 Å². The average Bonchev–Trinajstić information content (AvgIpc) is 3.63. The predicted octanol–water partition coefficient (Wildman–Crippen LogP) is 7.70. The Morgan fingerprint density at radius 1 is 0.846 bits per heavy atom. The number of fused-ring (bicyclic) bond motifs is 1. The van der Waals surface area contributed by atoms with Gasteiger partial charge in [-0.15, -0.1) is 0 Å². The Kier molecular flexibility index (Phi) is 7.98. The molecule has 5 nitrogen and oxygen atoms in total. The maximum atomic E-state index is 6.32. The van der Waals surface area contributed by atoms with E-state index in [0.717, 1.165) is 86.4 Å². The minimum Gasteiger partial charge on any atom is -0.457 e. The predicted molar refractivity (Wildman–Crippen MR) is 161 cm³/mol. The van der Waals surface area contributed by atoms with Crippen LogP contribution in [-0.4, -0.2) is 52.6 Å². The molecular weight excluding hydrogens is 480 g/mol. The van der Waals surface area contributed by atoms with Crippen LogP contribution in [-0.2, 0) is 13.1 Å². The zero-order chi connectivity index (χ0) is 26.6. The van der Waals surface area contributed by atoms with Gasteiger partial charge in [0.05, 0.1) is 11.0 Å². The number of likely N-dealkylation sites (N-methyl/N-ethyl adjacent to an activating group) is 1. The molecule has 1 saturated carbocycles. The number of hydrogen-bond donors (Lipinski definition) is 0. The molecule has 2 aliphatic rings. The normalized spacial score (nSPS) is 17.3. The third-order valence-electron chi connectivity index (χ3n) is 8.61. The third kappa shape index (κ3) is 6.05. The molecular formula is C34H42N4O. The number of unbranched alkanes of at least 4 members (excludes halogenated alkanes) is 1. The second-order valence-electron chi connectivity index (χ2n) is 11.5. The van der Waals surface area contributed by atoms with Crippen LogP contribution in [0.4, 0.5) is 0 Å². The number of nitrogens with zero attached hydrogens (tertiary/aromatic N) is 4. The van der Waals surface area contributed by atoms with E-state index in [1.807, 2.05) is 6.07 Å². The summed E-state index contributed by atoms with van der Waals surface area (Å²) in [6.45, 7) is 8.79. The van der Waals surface area contributed by atoms with Crippen molar-refractivity contribution >= 4 is 11.0 Å². The Hall–Kier alpha value is -3.15. The molecule has 3 aromatic carbocycles. The first-order valence-corrected chi connectivity index (χ1v) is 14.9. The topological polar surface area (TPSA) is 33.5 Å². The zero-order valence-corrected chi connectivity index (χ0v) is 23.6. The van der Waals surface area contributed by atoms with Crippen LogP contribution in [0.25, 0.3) is 22.4 Å². The molecule has 1 aromatic heterocycles. The maximum Gasteiger partial charge on any atom is 0.141 e. The average molecular weight is 523 g/mol. The Balaban J connectivity index is 1.22. The van der Waals surface area contributed by atoms with Crippen LogP contribution in [0.15, 0.2) is 66.7 Å². The van der Waals surface area contributed by atoms with Crippen LogP contribution < -0.4 is 4.74 Å². The summed E-state index contributed by atoms with van der Waals surface area (Å²) in [5, 5.41) is 0. The van der Waals surface area contributed by atoms with Crippen molar-refractivity contribution in [1.82, 2.24) is 19.4 Å². The summed E-state index contributed by atoms with van der Waals surface area (Å²) in [6, 6.07) is 24.1. The second-order valence-corrected chi connectivity index (χ2v) is 11.5. The molecule has 1 saturated heterocycles. The van der Waals surface area contributed by atoms with E-state index < -0.39 is 0 Å². The third-order valence-corrected chi connectivity index (χ3v) is 8.61. The van der Waals surface area contributed by atoms with Gasteiger partial charge in [-0.25, -0.2) is 4.98 Å². The Labute approximate surface area is 233 Å². The fourth-order valence-corrected chi connectivity index (χ4v) is 6.16. The number of hydrogen-bond acceptors (Lipinski definition) is 4. The van der Waals surface area contributed by atoms with Crippen molar-refractivity contribution < 1.29 is 4.74 Å². The van der Waals surface area contributed by atoms with Gasteiger partial charge in [0, 0.05) is 50.9 Å². The minimum atomic E-state index is 0.725. The molecule has 0 N–H and O–H groups in total. The van der Waals surface area contributed by atoms with Crippen molar-refractivity contribution in [3.05, 3.63) is 77.9 Å². The molecule has 0 spiro atoms. The van der Waals surface area contributed by atoms with Crippen molar-refractivity contribution in [3.63, 3.8) is 0 Å². The van der Waals surface area contributed by atoms with Crippen molar-refractivity contribution in [2.45, 2.75) is 64.5 Å². The fourth-order valence-electron chi connectivity index (χ4n) is 6.16. The SMILES string of the molecule is CCCCn1c(-c2ccc(CN3CCN(C)CC3)cc2)nc2ccc(Oc3ccc(C4CCCC4)cc3)cc21. The molecule has 39 heavy (non-hydrogen) atoms. The highest BCUT2D eigenvalue weighted by molar-refractivity contribution is 5.82. The number of rotatable bonds is 9. The van der Waals surface area contributed by atoms with Gasteiger partial charge in [-0.3, -0.25) is 4.90 Å². The summed E-state index contributed by atoms with van der Waals surface area (Å²) >= 11 is 0. The van der Waals surface area contributed by atoms with Crippen molar-refractivity contribution in [2.75, 3.05) is 33.2 Å². The lowest BCUT2D eigenvalue weighted by Crippen LogP contribution is -2.43. The van der Waals surface area contributed by atoms with Crippen molar-refractivity contribution in [2.24, 2.45) is 0 Å². The summed E-state index contributed by atoms with van der Waals surface area (Å²) in [5.41, 5.74) is 6.15. The van der Waals surface area contributed by atoms with Gasteiger partial charge in [0.1, 0.15) is 17.3 Å². The van der Waals surface area contributed by atoms with E-state index in [1.54, 1.807) is 0 Å². The van der Waals surface area contributed by atoms with Gasteiger partial charge in [0.2, 0.25) is 0 Å². The number of aromatic nitrogens is 2. The Morgan fingerprint density at radius 3 is 2.28 bits per heavy atom. The largest absolute Gasteiger partial charge is 0.457 e. The summed E-state index contributed by atoms with van der Waals surface area (Å²) in [7, 11) is 2.21. The van der Waals surface area contributed by atoms with E-state index in [9.17, 15) is 0 Å². The molecule has 204 valence electrons. The standard InChI is InChI=1S/C34H42N4O/c1-3-4-19-38-33-24-31(39-30-15-13-28(14-16-30)27-7-5-6-8-27)17-18-32(33)35-34(38)29-11-9-26(10-12-29)25-37-22-20-36(2)21-23-37/h9-18,24,27H,3-8,19-23,25H2,1-2H3. The van der Waals surface area contributed by atoms with Crippen LogP contribution in [0, 0.1) is 0 Å². The lowest BCUT2D eigenvalue weighted by molar-refractivity contribution is 0.148. The Morgan fingerprint density at radius 2 is 1.56 bits per heavy atom. The lowest BCUT2D eigenvalue weighted by atomic mass is 9.98. The molecule has 2 fully saturated rings. The maximum absolute atomic E-state index is 6.32. The van der Waals surface area contributed by atoms with Gasteiger partial charge in [0.25, 0.3) is 0 Å². The highest BCUT2D eigenvalue weighted by Crippen LogP contribution is 2.36. The molecule has 4 aromatic rings. The van der Waals surface area contributed by atoms with Gasteiger partial charge in [-0.2, -0.15) is 0 Å². The van der Waals surface area contributed by atoms with Crippen molar-refractivity contribution in [3.8, 4) is 22.9 Å². The van der Waals surface area contributed by atoms with Gasteiger partial charge in [-0.1, -0.05) is 62.6 Å². The molecule has 0 radical (unpaired) electrons. The molecule has 5 heteroatoms. The van der Waals surface area contributed by atoms with Gasteiger partial charge < -0.3 is 14.2 Å². The summed E-state index contributed by atoms with van der Waals surface area (Å²) < 4.78 is 8.70. The van der Waals surface area contributed by atoms with E-state index in [2.05, 4.69) is 89.0 Å². The molecule has 0 bridgehead atoms. The molecule has 0 unspecified atom stereocenters. The smallest absolute Gasteiger partial charge is 0.141 e. The van der Waals surface area contributed by atoms with Crippen LogP contribution in [0.2, 0.25) is 0 Å².